The van der Waals surface area contributed by atoms with Gasteiger partial charge in [-0.05, 0) is 56.0 Å². The van der Waals surface area contributed by atoms with Crippen LogP contribution in [-0.2, 0) is 11.2 Å². The molecule has 1 fully saturated rings. The van der Waals surface area contributed by atoms with Crippen LogP contribution in [0, 0.1) is 5.92 Å². The van der Waals surface area contributed by atoms with Crippen molar-refractivity contribution in [1.29, 1.82) is 0 Å². The summed E-state index contributed by atoms with van der Waals surface area (Å²) in [7, 11) is 1.69. The van der Waals surface area contributed by atoms with Crippen molar-refractivity contribution >= 4 is 5.97 Å². The molecule has 0 saturated carbocycles. The minimum atomic E-state index is -0.663. The second-order valence-corrected chi connectivity index (χ2v) is 5.83. The number of methoxy groups -OCH3 is 1. The molecule has 1 aliphatic heterocycles. The summed E-state index contributed by atoms with van der Waals surface area (Å²) in [4.78, 5) is 13.6. The number of benzene rings is 1. The Hall–Kier alpha value is -1.55. The highest BCUT2D eigenvalue weighted by molar-refractivity contribution is 5.71. The van der Waals surface area contributed by atoms with E-state index in [1.807, 2.05) is 13.0 Å². The Bertz CT molecular complexity index is 528. The van der Waals surface area contributed by atoms with Gasteiger partial charge >= 0.3 is 5.97 Å². The molecule has 3 rings (SSSR count). The van der Waals surface area contributed by atoms with Gasteiger partial charge in [0.2, 0.25) is 0 Å². The molecule has 1 N–H and O–H groups in total. The highest BCUT2D eigenvalue weighted by Crippen LogP contribution is 2.42. The first kappa shape index (κ1) is 13.4. The smallest absolute Gasteiger partial charge is 0.308 e. The van der Waals surface area contributed by atoms with Gasteiger partial charge in [0.25, 0.3) is 0 Å². The molecule has 108 valence electrons. The fraction of sp³-hybridized carbons (Fsp3) is 0.562. The third-order valence-corrected chi connectivity index (χ3v) is 4.92. The zero-order valence-corrected chi connectivity index (χ0v) is 12.0. The van der Waals surface area contributed by atoms with Crippen molar-refractivity contribution < 1.29 is 14.6 Å². The van der Waals surface area contributed by atoms with Gasteiger partial charge in [-0.1, -0.05) is 6.07 Å². The van der Waals surface area contributed by atoms with E-state index < -0.39 is 5.97 Å². The number of nitrogens with zero attached hydrogens (tertiary/aromatic N) is 1. The van der Waals surface area contributed by atoms with Crippen LogP contribution in [-0.4, -0.2) is 35.7 Å². The molecule has 20 heavy (non-hydrogen) atoms. The molecule has 1 heterocycles. The van der Waals surface area contributed by atoms with E-state index in [9.17, 15) is 9.90 Å². The zero-order chi connectivity index (χ0) is 14.3. The van der Waals surface area contributed by atoms with Crippen LogP contribution < -0.4 is 4.74 Å². The maximum Gasteiger partial charge on any atom is 0.308 e. The number of hydrogen-bond donors (Lipinski definition) is 1. The van der Waals surface area contributed by atoms with Crippen molar-refractivity contribution in [3.8, 4) is 5.75 Å². The number of carboxylic acid groups (broad SMARTS) is 1. The number of carboxylic acids is 1. The minimum absolute atomic E-state index is 0.106. The summed E-state index contributed by atoms with van der Waals surface area (Å²) >= 11 is 0. The van der Waals surface area contributed by atoms with Gasteiger partial charge in [0.05, 0.1) is 13.0 Å². The molecule has 4 heteroatoms. The molecule has 1 aliphatic carbocycles. The number of ether oxygens (including phenoxy) is 1. The maximum atomic E-state index is 11.3. The van der Waals surface area contributed by atoms with Gasteiger partial charge in [0.1, 0.15) is 5.75 Å². The SMILES string of the molecule is COc1ccc2c(c1)C(N1CCC(C(=O)O)C1C)CC2. The lowest BCUT2D eigenvalue weighted by Gasteiger charge is -2.30. The number of rotatable bonds is 3. The molecule has 3 unspecified atom stereocenters. The summed E-state index contributed by atoms with van der Waals surface area (Å²) in [5.74, 6) is -0.00851. The van der Waals surface area contributed by atoms with Gasteiger partial charge in [0, 0.05) is 12.1 Å². The fourth-order valence-electron chi connectivity index (χ4n) is 3.76. The monoisotopic (exact) mass is 275 g/mol. The van der Waals surface area contributed by atoms with Crippen molar-refractivity contribution in [2.24, 2.45) is 5.92 Å². The summed E-state index contributed by atoms with van der Waals surface area (Å²) in [5, 5.41) is 9.28. The standard InChI is InChI=1S/C16H21NO3/c1-10-13(16(18)19)7-8-17(10)15-6-4-11-3-5-12(20-2)9-14(11)15/h3,5,9-10,13,15H,4,6-8H2,1-2H3,(H,18,19). The Morgan fingerprint density at radius 2 is 2.20 bits per heavy atom. The molecule has 1 saturated heterocycles. The number of aliphatic carboxylic acids is 1. The third kappa shape index (κ3) is 2.08. The second kappa shape index (κ2) is 5.09. The maximum absolute atomic E-state index is 11.3. The summed E-state index contributed by atoms with van der Waals surface area (Å²) in [6.07, 6.45) is 2.91. The third-order valence-electron chi connectivity index (χ3n) is 4.92. The van der Waals surface area contributed by atoms with E-state index in [1.165, 1.54) is 11.1 Å². The van der Waals surface area contributed by atoms with Crippen molar-refractivity contribution in [3.05, 3.63) is 29.3 Å². The van der Waals surface area contributed by atoms with E-state index in [0.29, 0.717) is 6.04 Å². The van der Waals surface area contributed by atoms with E-state index in [4.69, 9.17) is 4.74 Å². The van der Waals surface area contributed by atoms with Gasteiger partial charge < -0.3 is 9.84 Å². The van der Waals surface area contributed by atoms with E-state index in [0.717, 1.165) is 31.6 Å². The average Bonchev–Trinajstić information content (AvgIpc) is 3.01. The highest BCUT2D eigenvalue weighted by atomic mass is 16.5. The number of fused-ring (bicyclic) bond motifs is 1. The zero-order valence-electron chi connectivity index (χ0n) is 12.0. The Balaban J connectivity index is 1.86. The van der Waals surface area contributed by atoms with Crippen molar-refractivity contribution in [2.75, 3.05) is 13.7 Å². The van der Waals surface area contributed by atoms with Gasteiger partial charge in [0.15, 0.2) is 0 Å². The Kier molecular flexibility index (Phi) is 3.42. The van der Waals surface area contributed by atoms with E-state index in [1.54, 1.807) is 7.11 Å². The van der Waals surface area contributed by atoms with Crippen LogP contribution in [0.3, 0.4) is 0 Å². The largest absolute Gasteiger partial charge is 0.497 e. The van der Waals surface area contributed by atoms with Crippen LogP contribution in [0.15, 0.2) is 18.2 Å². The normalized spacial score (nSPS) is 29.4. The summed E-state index contributed by atoms with van der Waals surface area (Å²) in [6.45, 7) is 2.92. The van der Waals surface area contributed by atoms with Crippen LogP contribution in [0.25, 0.3) is 0 Å². The highest BCUT2D eigenvalue weighted by Gasteiger charge is 2.41. The average molecular weight is 275 g/mol. The lowest BCUT2D eigenvalue weighted by Crippen LogP contribution is -2.35. The van der Waals surface area contributed by atoms with Crippen LogP contribution in [0.4, 0.5) is 0 Å². The second-order valence-electron chi connectivity index (χ2n) is 5.83. The number of aryl methyl sites for hydroxylation is 1. The van der Waals surface area contributed by atoms with Crippen LogP contribution in [0.2, 0.25) is 0 Å². The van der Waals surface area contributed by atoms with Gasteiger partial charge in [-0.15, -0.1) is 0 Å². The molecule has 2 aliphatic rings. The number of likely N-dealkylation sites (tertiary alicyclic amines) is 1. The molecule has 0 spiro atoms. The number of hydrogen-bond acceptors (Lipinski definition) is 3. The summed E-state index contributed by atoms with van der Waals surface area (Å²) in [6, 6.07) is 6.72. The van der Waals surface area contributed by atoms with Gasteiger partial charge in [-0.3, -0.25) is 9.69 Å². The minimum Gasteiger partial charge on any atom is -0.497 e. The molecule has 0 amide bonds. The molecule has 0 bridgehead atoms. The molecule has 0 radical (unpaired) electrons. The lowest BCUT2D eigenvalue weighted by molar-refractivity contribution is -0.142. The molecule has 1 aromatic carbocycles. The summed E-state index contributed by atoms with van der Waals surface area (Å²) < 4.78 is 5.32. The van der Waals surface area contributed by atoms with Crippen molar-refractivity contribution in [2.45, 2.75) is 38.3 Å². The summed E-state index contributed by atoms with van der Waals surface area (Å²) in [5.41, 5.74) is 2.70. The Morgan fingerprint density at radius 1 is 1.40 bits per heavy atom. The van der Waals surface area contributed by atoms with Crippen LogP contribution in [0.1, 0.15) is 36.9 Å². The van der Waals surface area contributed by atoms with Crippen molar-refractivity contribution in [1.82, 2.24) is 4.90 Å². The first-order chi connectivity index (χ1) is 9.61. The molecule has 0 aromatic heterocycles. The first-order valence-electron chi connectivity index (χ1n) is 7.27. The predicted molar refractivity (Wildman–Crippen MR) is 76.0 cm³/mol. The van der Waals surface area contributed by atoms with Crippen molar-refractivity contribution in [3.63, 3.8) is 0 Å². The Morgan fingerprint density at radius 3 is 2.85 bits per heavy atom. The van der Waals surface area contributed by atoms with Gasteiger partial charge in [-0.25, -0.2) is 0 Å². The predicted octanol–water partition coefficient (Wildman–Crippen LogP) is 2.48. The molecule has 1 aromatic rings. The Labute approximate surface area is 119 Å². The molecule has 4 nitrogen and oxygen atoms in total. The molecular weight excluding hydrogens is 254 g/mol. The van der Waals surface area contributed by atoms with E-state index in [2.05, 4.69) is 17.0 Å². The van der Waals surface area contributed by atoms with E-state index >= 15 is 0 Å². The topological polar surface area (TPSA) is 49.8 Å². The number of carbonyl (C=O) groups is 1. The molecule has 3 atom stereocenters. The quantitative estimate of drug-likeness (QED) is 0.920. The lowest BCUT2D eigenvalue weighted by atomic mass is 10.0. The van der Waals surface area contributed by atoms with Crippen LogP contribution in [0.5, 0.6) is 5.75 Å². The van der Waals surface area contributed by atoms with Crippen LogP contribution >= 0.6 is 0 Å². The van der Waals surface area contributed by atoms with Gasteiger partial charge in [-0.2, -0.15) is 0 Å². The first-order valence-corrected chi connectivity index (χ1v) is 7.27. The van der Waals surface area contributed by atoms with E-state index in [-0.39, 0.29) is 12.0 Å². The fourth-order valence-corrected chi connectivity index (χ4v) is 3.76. The molecular formula is C16H21NO3.